The highest BCUT2D eigenvalue weighted by Crippen LogP contribution is 2.28. The molecule has 4 nitrogen and oxygen atoms in total. The molecule has 0 spiro atoms. The van der Waals surface area contributed by atoms with E-state index in [1.165, 1.54) is 12.3 Å². The zero-order valence-electron chi connectivity index (χ0n) is 11.3. The van der Waals surface area contributed by atoms with Gasteiger partial charge in [-0.05, 0) is 25.8 Å². The second kappa shape index (κ2) is 5.40. The molecule has 1 aliphatic heterocycles. The van der Waals surface area contributed by atoms with Gasteiger partial charge < -0.3 is 9.47 Å². The molecule has 2 aromatic rings. The summed E-state index contributed by atoms with van der Waals surface area (Å²) < 4.78 is 16.1. The second-order valence-corrected chi connectivity index (χ2v) is 5.51. The molecule has 1 atom stereocenters. The lowest BCUT2D eigenvalue weighted by Gasteiger charge is -2.26. The molecule has 1 unspecified atom stereocenters. The number of rotatable bonds is 3. The Morgan fingerprint density at radius 3 is 3.00 bits per heavy atom. The summed E-state index contributed by atoms with van der Waals surface area (Å²) in [5.74, 6) is 1.02. The summed E-state index contributed by atoms with van der Waals surface area (Å²) in [5, 5.41) is 0.326. The normalized spacial score (nSPS) is 18.8. The van der Waals surface area contributed by atoms with Crippen LogP contribution in [0.2, 0.25) is 5.02 Å². The van der Waals surface area contributed by atoms with Gasteiger partial charge in [-0.1, -0.05) is 11.6 Å². The van der Waals surface area contributed by atoms with Crippen LogP contribution in [-0.4, -0.2) is 27.1 Å². The van der Waals surface area contributed by atoms with E-state index in [4.69, 9.17) is 11.6 Å². The first-order chi connectivity index (χ1) is 9.65. The minimum Gasteiger partial charge on any atom is -0.349 e. The fraction of sp³-hybridized carbons (Fsp3) is 0.429. The molecule has 1 fully saturated rings. The average Bonchev–Trinajstić information content (AvgIpc) is 3.01. The van der Waals surface area contributed by atoms with Crippen molar-refractivity contribution < 1.29 is 4.39 Å². The molecule has 2 aromatic heterocycles. The first-order valence-corrected chi connectivity index (χ1v) is 7.08. The van der Waals surface area contributed by atoms with Gasteiger partial charge in [-0.2, -0.15) is 0 Å². The third-order valence-corrected chi connectivity index (χ3v) is 3.98. The largest absolute Gasteiger partial charge is 0.349 e. The number of imidazole rings is 1. The first kappa shape index (κ1) is 13.4. The zero-order valence-corrected chi connectivity index (χ0v) is 12.0. The van der Waals surface area contributed by atoms with Crippen LogP contribution in [0.3, 0.4) is 0 Å². The molecular formula is C14H16ClFN4. The lowest BCUT2D eigenvalue weighted by atomic mass is 10.2. The number of hydrogen-bond donors (Lipinski definition) is 0. The Kier molecular flexibility index (Phi) is 3.61. The van der Waals surface area contributed by atoms with E-state index in [2.05, 4.69) is 14.5 Å². The molecule has 0 bridgehead atoms. The molecule has 20 heavy (non-hydrogen) atoms. The van der Waals surface area contributed by atoms with Gasteiger partial charge in [0.25, 0.3) is 0 Å². The Morgan fingerprint density at radius 2 is 2.30 bits per heavy atom. The van der Waals surface area contributed by atoms with Crippen molar-refractivity contribution in [3.05, 3.63) is 41.3 Å². The summed E-state index contributed by atoms with van der Waals surface area (Å²) in [4.78, 5) is 10.4. The van der Waals surface area contributed by atoms with Crippen molar-refractivity contribution in [1.82, 2.24) is 14.5 Å². The summed E-state index contributed by atoms with van der Waals surface area (Å²) in [6.07, 6.45) is 7.31. The summed E-state index contributed by atoms with van der Waals surface area (Å²) in [7, 11) is 0. The SMILES string of the molecule is Cc1nccn1CC1CCCN1c1ncc(Cl)cc1F. The second-order valence-electron chi connectivity index (χ2n) is 5.08. The maximum atomic E-state index is 14.0. The van der Waals surface area contributed by atoms with Crippen molar-refractivity contribution in [2.75, 3.05) is 11.4 Å². The Bertz CT molecular complexity index is 613. The van der Waals surface area contributed by atoms with Crippen molar-refractivity contribution in [2.45, 2.75) is 32.4 Å². The summed E-state index contributed by atoms with van der Waals surface area (Å²) in [6, 6.07) is 1.56. The molecule has 3 heterocycles. The van der Waals surface area contributed by atoms with Gasteiger partial charge in [-0.15, -0.1) is 0 Å². The molecule has 0 aliphatic carbocycles. The Morgan fingerprint density at radius 1 is 1.45 bits per heavy atom. The average molecular weight is 295 g/mol. The van der Waals surface area contributed by atoms with Gasteiger partial charge in [0, 0.05) is 37.7 Å². The van der Waals surface area contributed by atoms with Crippen molar-refractivity contribution in [3.8, 4) is 0 Å². The maximum Gasteiger partial charge on any atom is 0.167 e. The first-order valence-electron chi connectivity index (χ1n) is 6.70. The zero-order chi connectivity index (χ0) is 14.1. The molecule has 1 saturated heterocycles. The standard InChI is InChI=1S/C14H16ClFN4/c1-10-17-4-6-19(10)9-12-3-2-5-20(12)14-13(16)7-11(15)8-18-14/h4,6-8,12H,2-3,5,9H2,1H3. The Labute approximate surface area is 122 Å². The molecule has 3 rings (SSSR count). The van der Waals surface area contributed by atoms with Gasteiger partial charge in [-0.25, -0.2) is 14.4 Å². The Hall–Kier alpha value is -1.62. The monoisotopic (exact) mass is 294 g/mol. The van der Waals surface area contributed by atoms with Crippen molar-refractivity contribution in [3.63, 3.8) is 0 Å². The van der Waals surface area contributed by atoms with Crippen LogP contribution in [0.25, 0.3) is 0 Å². The van der Waals surface area contributed by atoms with Crippen LogP contribution in [0.1, 0.15) is 18.7 Å². The van der Waals surface area contributed by atoms with E-state index < -0.39 is 0 Å². The number of nitrogens with zero attached hydrogens (tertiary/aromatic N) is 4. The fourth-order valence-corrected chi connectivity index (χ4v) is 2.89. The van der Waals surface area contributed by atoms with Gasteiger partial charge in [-0.3, -0.25) is 0 Å². The minimum absolute atomic E-state index is 0.242. The van der Waals surface area contributed by atoms with E-state index >= 15 is 0 Å². The quantitative estimate of drug-likeness (QED) is 0.872. The van der Waals surface area contributed by atoms with Gasteiger partial charge in [0.2, 0.25) is 0 Å². The predicted octanol–water partition coefficient (Wildman–Crippen LogP) is 3.05. The molecule has 1 aliphatic rings. The number of hydrogen-bond acceptors (Lipinski definition) is 3. The topological polar surface area (TPSA) is 34.0 Å². The Balaban J connectivity index is 1.83. The molecule has 0 aromatic carbocycles. The molecule has 6 heteroatoms. The molecule has 0 radical (unpaired) electrons. The summed E-state index contributed by atoms with van der Waals surface area (Å²) in [5.41, 5.74) is 0. The van der Waals surface area contributed by atoms with E-state index in [9.17, 15) is 4.39 Å². The number of aryl methyl sites for hydroxylation is 1. The number of anilines is 1. The molecule has 0 saturated carbocycles. The van der Waals surface area contributed by atoms with Crippen LogP contribution in [0.15, 0.2) is 24.7 Å². The highest BCUT2D eigenvalue weighted by molar-refractivity contribution is 6.30. The van der Waals surface area contributed by atoms with Crippen LogP contribution >= 0.6 is 11.6 Å². The van der Waals surface area contributed by atoms with Crippen molar-refractivity contribution >= 4 is 17.4 Å². The van der Waals surface area contributed by atoms with E-state index in [1.807, 2.05) is 18.0 Å². The summed E-state index contributed by atoms with van der Waals surface area (Å²) in [6.45, 7) is 3.60. The maximum absolute atomic E-state index is 14.0. The van der Waals surface area contributed by atoms with Crippen LogP contribution in [0.4, 0.5) is 10.2 Å². The van der Waals surface area contributed by atoms with Crippen LogP contribution < -0.4 is 4.90 Å². The lowest BCUT2D eigenvalue weighted by Crippen LogP contribution is -2.34. The minimum atomic E-state index is -0.355. The van der Waals surface area contributed by atoms with Crippen LogP contribution in [-0.2, 0) is 6.54 Å². The van der Waals surface area contributed by atoms with Crippen molar-refractivity contribution in [2.24, 2.45) is 0 Å². The van der Waals surface area contributed by atoms with Crippen molar-refractivity contribution in [1.29, 1.82) is 0 Å². The van der Waals surface area contributed by atoms with Gasteiger partial charge in [0.15, 0.2) is 11.6 Å². The van der Waals surface area contributed by atoms with E-state index in [0.717, 1.165) is 31.8 Å². The van der Waals surface area contributed by atoms with E-state index in [0.29, 0.717) is 10.8 Å². The highest BCUT2D eigenvalue weighted by Gasteiger charge is 2.28. The summed E-state index contributed by atoms with van der Waals surface area (Å²) >= 11 is 5.76. The van der Waals surface area contributed by atoms with Gasteiger partial charge >= 0.3 is 0 Å². The van der Waals surface area contributed by atoms with Gasteiger partial charge in [0.05, 0.1) is 5.02 Å². The van der Waals surface area contributed by atoms with E-state index in [-0.39, 0.29) is 11.9 Å². The number of pyridine rings is 1. The van der Waals surface area contributed by atoms with Crippen LogP contribution in [0, 0.1) is 12.7 Å². The third-order valence-electron chi connectivity index (χ3n) is 3.77. The number of halogens is 2. The molecule has 106 valence electrons. The van der Waals surface area contributed by atoms with Crippen LogP contribution in [0.5, 0.6) is 0 Å². The molecular weight excluding hydrogens is 279 g/mol. The fourth-order valence-electron chi connectivity index (χ4n) is 2.75. The highest BCUT2D eigenvalue weighted by atomic mass is 35.5. The van der Waals surface area contributed by atoms with E-state index in [1.54, 1.807) is 6.20 Å². The smallest absolute Gasteiger partial charge is 0.167 e. The van der Waals surface area contributed by atoms with Gasteiger partial charge in [0.1, 0.15) is 5.82 Å². The lowest BCUT2D eigenvalue weighted by molar-refractivity contribution is 0.527. The predicted molar refractivity (Wildman–Crippen MR) is 76.5 cm³/mol. The molecule has 0 amide bonds. The molecule has 0 N–H and O–H groups in total. The third kappa shape index (κ3) is 2.50. The number of aromatic nitrogens is 3.